The summed E-state index contributed by atoms with van der Waals surface area (Å²) in [5.41, 5.74) is 5.40. The number of nitrogens with two attached hydrogens (primary N) is 1. The molecule has 0 fully saturated rings. The van der Waals surface area contributed by atoms with Crippen molar-refractivity contribution in [3.63, 3.8) is 0 Å². The zero-order valence-electron chi connectivity index (χ0n) is 7.44. The number of thiocarbonyl (C=S) groups is 1. The van der Waals surface area contributed by atoms with Gasteiger partial charge in [0.2, 0.25) is 0 Å². The third-order valence-electron chi connectivity index (χ3n) is 1.64. The van der Waals surface area contributed by atoms with Gasteiger partial charge in [-0.05, 0) is 5.92 Å². The molecule has 0 radical (unpaired) electrons. The molecule has 0 saturated carbocycles. The SMILES string of the molecule is CC(C)C(C(N)=S)N(C)C(=O)O. The Hall–Kier alpha value is -0.840. The fourth-order valence-electron chi connectivity index (χ4n) is 1.09. The van der Waals surface area contributed by atoms with Gasteiger partial charge in [0.1, 0.15) is 0 Å². The summed E-state index contributed by atoms with van der Waals surface area (Å²) in [6.45, 7) is 3.76. The molecule has 5 heteroatoms. The highest BCUT2D eigenvalue weighted by molar-refractivity contribution is 7.80. The monoisotopic (exact) mass is 190 g/mol. The molecule has 0 aromatic carbocycles. The lowest BCUT2D eigenvalue weighted by Crippen LogP contribution is -2.47. The summed E-state index contributed by atoms with van der Waals surface area (Å²) < 4.78 is 0. The largest absolute Gasteiger partial charge is 0.465 e. The van der Waals surface area contributed by atoms with E-state index in [1.165, 1.54) is 7.05 Å². The normalized spacial score (nSPS) is 12.7. The van der Waals surface area contributed by atoms with Gasteiger partial charge in [0.05, 0.1) is 11.0 Å². The predicted octanol–water partition coefficient (Wildman–Crippen LogP) is 0.907. The minimum atomic E-state index is -1.01. The Kier molecular flexibility index (Phi) is 3.95. The predicted molar refractivity (Wildman–Crippen MR) is 51.2 cm³/mol. The van der Waals surface area contributed by atoms with Crippen molar-refractivity contribution in [3.8, 4) is 0 Å². The van der Waals surface area contributed by atoms with Crippen LogP contribution in [0.4, 0.5) is 4.79 Å². The molecule has 1 unspecified atom stereocenters. The molecule has 1 atom stereocenters. The fourth-order valence-corrected chi connectivity index (χ4v) is 1.52. The van der Waals surface area contributed by atoms with Gasteiger partial charge in [-0.3, -0.25) is 0 Å². The third kappa shape index (κ3) is 2.65. The van der Waals surface area contributed by atoms with E-state index in [2.05, 4.69) is 0 Å². The second kappa shape index (κ2) is 4.25. The van der Waals surface area contributed by atoms with Crippen LogP contribution in [0, 0.1) is 5.92 Å². The highest BCUT2D eigenvalue weighted by Crippen LogP contribution is 2.09. The van der Waals surface area contributed by atoms with Crippen molar-refractivity contribution in [2.24, 2.45) is 11.7 Å². The summed E-state index contributed by atoms with van der Waals surface area (Å²) in [6, 6.07) is -0.377. The third-order valence-corrected chi connectivity index (χ3v) is 1.88. The van der Waals surface area contributed by atoms with E-state index in [9.17, 15) is 4.79 Å². The maximum absolute atomic E-state index is 10.6. The van der Waals surface area contributed by atoms with E-state index in [-0.39, 0.29) is 16.9 Å². The molecule has 0 aliphatic carbocycles. The summed E-state index contributed by atoms with van der Waals surface area (Å²) in [5.74, 6) is 0.101. The van der Waals surface area contributed by atoms with Crippen LogP contribution in [-0.4, -0.2) is 34.2 Å². The molecule has 4 nitrogen and oxygen atoms in total. The Balaban J connectivity index is 4.51. The lowest BCUT2D eigenvalue weighted by atomic mass is 10.0. The van der Waals surface area contributed by atoms with Crippen molar-refractivity contribution in [1.29, 1.82) is 0 Å². The van der Waals surface area contributed by atoms with Crippen LogP contribution >= 0.6 is 12.2 Å². The van der Waals surface area contributed by atoms with Gasteiger partial charge in [0, 0.05) is 7.05 Å². The van der Waals surface area contributed by atoms with Gasteiger partial charge in [-0.2, -0.15) is 0 Å². The van der Waals surface area contributed by atoms with Crippen molar-refractivity contribution in [3.05, 3.63) is 0 Å². The van der Waals surface area contributed by atoms with Crippen LogP contribution in [0.25, 0.3) is 0 Å². The van der Waals surface area contributed by atoms with Gasteiger partial charge in [0.25, 0.3) is 0 Å². The summed E-state index contributed by atoms with van der Waals surface area (Å²) in [6.07, 6.45) is -1.01. The van der Waals surface area contributed by atoms with E-state index in [1.54, 1.807) is 0 Å². The van der Waals surface area contributed by atoms with Crippen LogP contribution in [0.1, 0.15) is 13.8 Å². The lowest BCUT2D eigenvalue weighted by Gasteiger charge is -2.27. The van der Waals surface area contributed by atoms with E-state index in [0.29, 0.717) is 0 Å². The first-order chi connectivity index (χ1) is 5.37. The minimum absolute atomic E-state index is 0.101. The highest BCUT2D eigenvalue weighted by atomic mass is 32.1. The average Bonchev–Trinajstić information content (AvgIpc) is 1.85. The lowest BCUT2D eigenvalue weighted by molar-refractivity contribution is 0.141. The van der Waals surface area contributed by atoms with E-state index >= 15 is 0 Å². The first-order valence-corrected chi connectivity index (χ1v) is 4.03. The van der Waals surface area contributed by atoms with Crippen LogP contribution in [0.5, 0.6) is 0 Å². The molecule has 12 heavy (non-hydrogen) atoms. The number of hydrogen-bond acceptors (Lipinski definition) is 2. The van der Waals surface area contributed by atoms with Crippen molar-refractivity contribution in [2.75, 3.05) is 7.05 Å². The molecule has 0 heterocycles. The van der Waals surface area contributed by atoms with E-state index in [0.717, 1.165) is 4.90 Å². The van der Waals surface area contributed by atoms with Crippen LogP contribution in [0.2, 0.25) is 0 Å². The maximum Gasteiger partial charge on any atom is 0.407 e. The zero-order valence-corrected chi connectivity index (χ0v) is 8.26. The summed E-state index contributed by atoms with van der Waals surface area (Å²) in [5, 5.41) is 8.66. The average molecular weight is 190 g/mol. The molecule has 0 aromatic heterocycles. The van der Waals surface area contributed by atoms with E-state index in [1.807, 2.05) is 13.8 Å². The number of amides is 1. The number of carboxylic acid groups (broad SMARTS) is 1. The summed E-state index contributed by atoms with van der Waals surface area (Å²) in [4.78, 5) is 11.9. The smallest absolute Gasteiger partial charge is 0.407 e. The number of hydrogen-bond donors (Lipinski definition) is 2. The van der Waals surface area contributed by atoms with Crippen molar-refractivity contribution in [1.82, 2.24) is 4.90 Å². The Morgan fingerprint density at radius 3 is 2.08 bits per heavy atom. The van der Waals surface area contributed by atoms with Crippen molar-refractivity contribution >= 4 is 23.3 Å². The van der Waals surface area contributed by atoms with Crippen molar-refractivity contribution < 1.29 is 9.90 Å². The second-order valence-electron chi connectivity index (χ2n) is 2.98. The topological polar surface area (TPSA) is 66.6 Å². The first kappa shape index (κ1) is 11.2. The van der Waals surface area contributed by atoms with Crippen molar-refractivity contribution in [2.45, 2.75) is 19.9 Å². The Labute approximate surface area is 77.3 Å². The van der Waals surface area contributed by atoms with Crippen LogP contribution in [0.15, 0.2) is 0 Å². The first-order valence-electron chi connectivity index (χ1n) is 3.63. The minimum Gasteiger partial charge on any atom is -0.465 e. The molecule has 0 aliphatic heterocycles. The van der Waals surface area contributed by atoms with Gasteiger partial charge >= 0.3 is 6.09 Å². The number of rotatable bonds is 3. The molecule has 0 aromatic rings. The number of carbonyl (C=O) groups is 1. The van der Waals surface area contributed by atoms with E-state index in [4.69, 9.17) is 23.1 Å². The Morgan fingerprint density at radius 2 is 2.00 bits per heavy atom. The van der Waals surface area contributed by atoms with Gasteiger partial charge in [-0.15, -0.1) is 0 Å². The van der Waals surface area contributed by atoms with Crippen LogP contribution in [-0.2, 0) is 0 Å². The second-order valence-corrected chi connectivity index (χ2v) is 3.46. The Morgan fingerprint density at radius 1 is 1.58 bits per heavy atom. The quantitative estimate of drug-likeness (QED) is 0.649. The molecular weight excluding hydrogens is 176 g/mol. The Bertz CT molecular complexity index is 194. The summed E-state index contributed by atoms with van der Waals surface area (Å²) >= 11 is 4.76. The molecule has 0 spiro atoms. The molecule has 0 bridgehead atoms. The molecular formula is C7H14N2O2S. The molecule has 0 aliphatic rings. The number of likely N-dealkylation sites (N-methyl/N-ethyl adjacent to an activating group) is 1. The highest BCUT2D eigenvalue weighted by Gasteiger charge is 2.24. The summed E-state index contributed by atoms with van der Waals surface area (Å²) in [7, 11) is 1.46. The molecule has 70 valence electrons. The molecule has 0 rings (SSSR count). The van der Waals surface area contributed by atoms with Gasteiger partial charge in [-0.1, -0.05) is 26.1 Å². The molecule has 3 N–H and O–H groups in total. The number of nitrogens with zero attached hydrogens (tertiary/aromatic N) is 1. The van der Waals surface area contributed by atoms with Gasteiger partial charge in [-0.25, -0.2) is 4.79 Å². The molecule has 0 saturated heterocycles. The maximum atomic E-state index is 10.6. The van der Waals surface area contributed by atoms with Gasteiger partial charge in [0.15, 0.2) is 0 Å². The molecule has 1 amide bonds. The van der Waals surface area contributed by atoms with E-state index < -0.39 is 6.09 Å². The standard InChI is InChI=1S/C7H14N2O2S/c1-4(2)5(6(8)12)9(3)7(10)11/h4-5H,1-3H3,(H2,8,12)(H,10,11). The zero-order chi connectivity index (χ0) is 9.89. The van der Waals surface area contributed by atoms with Gasteiger partial charge < -0.3 is 15.7 Å². The van der Waals surface area contributed by atoms with Crippen LogP contribution in [0.3, 0.4) is 0 Å². The fraction of sp³-hybridized carbons (Fsp3) is 0.714. The van der Waals surface area contributed by atoms with Crippen LogP contribution < -0.4 is 5.73 Å².